The summed E-state index contributed by atoms with van der Waals surface area (Å²) in [6.07, 6.45) is 1.72. The van der Waals surface area contributed by atoms with Crippen molar-refractivity contribution in [3.63, 3.8) is 0 Å². The average molecular weight is 369 g/mol. The van der Waals surface area contributed by atoms with Gasteiger partial charge < -0.3 is 10.2 Å². The van der Waals surface area contributed by atoms with Gasteiger partial charge >= 0.3 is 0 Å². The van der Waals surface area contributed by atoms with Gasteiger partial charge in [0.1, 0.15) is 11.3 Å². The molecule has 1 aliphatic heterocycles. The zero-order valence-electron chi connectivity index (χ0n) is 14.6. The Morgan fingerprint density at radius 3 is 2.65 bits per heavy atom. The number of phenols is 1. The molecule has 0 unspecified atom stereocenters. The zero-order valence-corrected chi connectivity index (χ0v) is 15.4. The first kappa shape index (κ1) is 17.4. The second kappa shape index (κ2) is 7.72. The number of piperazine rings is 1. The number of aromatic nitrogens is 1. The lowest BCUT2D eigenvalue weighted by molar-refractivity contribution is 0.0947. The SMILES string of the molecule is OCCN1CCN([C@@H](c2cccs2)c2ccc3cccnc3c2O)CC1. The Morgan fingerprint density at radius 2 is 1.92 bits per heavy atom. The van der Waals surface area contributed by atoms with E-state index in [1.165, 1.54) is 4.88 Å². The maximum Gasteiger partial charge on any atom is 0.146 e. The molecule has 1 aromatic carbocycles. The van der Waals surface area contributed by atoms with Crippen LogP contribution in [0.4, 0.5) is 0 Å². The van der Waals surface area contributed by atoms with Gasteiger partial charge in [0.15, 0.2) is 0 Å². The van der Waals surface area contributed by atoms with Gasteiger partial charge in [-0.15, -0.1) is 11.3 Å². The topological polar surface area (TPSA) is 59.8 Å². The van der Waals surface area contributed by atoms with Gasteiger partial charge in [-0.2, -0.15) is 0 Å². The van der Waals surface area contributed by atoms with Crippen molar-refractivity contribution >= 4 is 22.2 Å². The third-order valence-corrected chi connectivity index (χ3v) is 6.00. The van der Waals surface area contributed by atoms with Crippen LogP contribution < -0.4 is 0 Å². The Labute approximate surface area is 157 Å². The van der Waals surface area contributed by atoms with Gasteiger partial charge in [-0.3, -0.25) is 14.8 Å². The van der Waals surface area contributed by atoms with Gasteiger partial charge in [0.05, 0.1) is 12.6 Å². The highest BCUT2D eigenvalue weighted by molar-refractivity contribution is 7.10. The summed E-state index contributed by atoms with van der Waals surface area (Å²) in [5.74, 6) is 0.277. The third kappa shape index (κ3) is 3.33. The van der Waals surface area contributed by atoms with Crippen molar-refractivity contribution in [1.82, 2.24) is 14.8 Å². The molecule has 2 N–H and O–H groups in total. The molecule has 136 valence electrons. The molecule has 0 saturated carbocycles. The monoisotopic (exact) mass is 369 g/mol. The number of fused-ring (bicyclic) bond motifs is 1. The van der Waals surface area contributed by atoms with Crippen LogP contribution in [0, 0.1) is 0 Å². The molecule has 0 bridgehead atoms. The van der Waals surface area contributed by atoms with Crippen molar-refractivity contribution in [2.45, 2.75) is 6.04 Å². The molecule has 0 aliphatic carbocycles. The molecule has 4 rings (SSSR count). The first-order chi connectivity index (χ1) is 12.8. The predicted octanol–water partition coefficient (Wildman–Crippen LogP) is 2.70. The number of thiophene rings is 1. The van der Waals surface area contributed by atoms with E-state index in [9.17, 15) is 5.11 Å². The van der Waals surface area contributed by atoms with Crippen LogP contribution in [0.5, 0.6) is 5.75 Å². The predicted molar refractivity (Wildman–Crippen MR) is 105 cm³/mol. The van der Waals surface area contributed by atoms with E-state index < -0.39 is 0 Å². The fourth-order valence-electron chi connectivity index (χ4n) is 3.73. The molecule has 0 radical (unpaired) electrons. The van der Waals surface area contributed by atoms with Crippen LogP contribution >= 0.6 is 11.3 Å². The number of rotatable bonds is 5. The van der Waals surface area contributed by atoms with Gasteiger partial charge in [0.2, 0.25) is 0 Å². The average Bonchev–Trinajstić information content (AvgIpc) is 3.20. The Hall–Kier alpha value is -1.99. The maximum atomic E-state index is 11.0. The molecular weight excluding hydrogens is 346 g/mol. The molecule has 0 spiro atoms. The van der Waals surface area contributed by atoms with Crippen LogP contribution in [0.15, 0.2) is 48.0 Å². The lowest BCUT2D eigenvalue weighted by Gasteiger charge is -2.39. The summed E-state index contributed by atoms with van der Waals surface area (Å²) in [5, 5.41) is 23.2. The minimum atomic E-state index is 0.0256. The number of β-amino-alcohol motifs (C(OH)–C–C–N with tert-alkyl or cyclic N) is 1. The summed E-state index contributed by atoms with van der Waals surface area (Å²) in [5.41, 5.74) is 1.57. The molecule has 1 fully saturated rings. The summed E-state index contributed by atoms with van der Waals surface area (Å²) in [6, 6.07) is 12.2. The van der Waals surface area contributed by atoms with E-state index in [-0.39, 0.29) is 18.4 Å². The standard InChI is InChI=1S/C20H23N3O2S/c24-13-12-22-8-10-23(11-9-22)19(17-4-2-14-26-17)16-6-5-15-3-1-7-21-18(15)20(16)25/h1-7,14,19,24-25H,8-13H2/t19-/m1/s1. The van der Waals surface area contributed by atoms with E-state index in [0.717, 1.165) is 43.7 Å². The van der Waals surface area contributed by atoms with Crippen molar-refractivity contribution in [3.05, 3.63) is 58.4 Å². The van der Waals surface area contributed by atoms with Crippen molar-refractivity contribution in [1.29, 1.82) is 0 Å². The molecule has 26 heavy (non-hydrogen) atoms. The number of aliphatic hydroxyl groups excluding tert-OH is 1. The van der Waals surface area contributed by atoms with Crippen LogP contribution in [0.3, 0.4) is 0 Å². The minimum absolute atomic E-state index is 0.0256. The second-order valence-electron chi connectivity index (χ2n) is 6.60. The van der Waals surface area contributed by atoms with E-state index >= 15 is 0 Å². The molecule has 1 atom stereocenters. The molecule has 5 nitrogen and oxygen atoms in total. The zero-order chi connectivity index (χ0) is 17.9. The summed E-state index contributed by atoms with van der Waals surface area (Å²) in [7, 11) is 0. The maximum absolute atomic E-state index is 11.0. The Bertz CT molecular complexity index is 861. The Balaban J connectivity index is 1.70. The fraction of sp³-hybridized carbons (Fsp3) is 0.350. The summed E-state index contributed by atoms with van der Waals surface area (Å²) in [4.78, 5) is 10.3. The summed E-state index contributed by atoms with van der Waals surface area (Å²) < 4.78 is 0. The van der Waals surface area contributed by atoms with Gasteiger partial charge in [-0.05, 0) is 17.5 Å². The number of aromatic hydroxyl groups is 1. The van der Waals surface area contributed by atoms with E-state index in [1.807, 2.05) is 24.3 Å². The van der Waals surface area contributed by atoms with Gasteiger partial charge in [0, 0.05) is 54.7 Å². The van der Waals surface area contributed by atoms with Crippen molar-refractivity contribution in [2.75, 3.05) is 39.3 Å². The molecule has 3 heterocycles. The van der Waals surface area contributed by atoms with E-state index in [2.05, 4.69) is 32.3 Å². The lowest BCUT2D eigenvalue weighted by atomic mass is 9.99. The van der Waals surface area contributed by atoms with Gasteiger partial charge in [-0.25, -0.2) is 0 Å². The number of benzene rings is 1. The van der Waals surface area contributed by atoms with E-state index in [0.29, 0.717) is 5.52 Å². The van der Waals surface area contributed by atoms with E-state index in [1.54, 1.807) is 17.5 Å². The smallest absolute Gasteiger partial charge is 0.146 e. The van der Waals surface area contributed by atoms with Crippen LogP contribution in [-0.4, -0.2) is 64.3 Å². The highest BCUT2D eigenvalue weighted by Gasteiger charge is 2.29. The third-order valence-electron chi connectivity index (χ3n) is 5.07. The van der Waals surface area contributed by atoms with Crippen molar-refractivity contribution < 1.29 is 10.2 Å². The summed E-state index contributed by atoms with van der Waals surface area (Å²) >= 11 is 1.72. The van der Waals surface area contributed by atoms with Crippen molar-refractivity contribution in [2.24, 2.45) is 0 Å². The number of nitrogens with zero attached hydrogens (tertiary/aromatic N) is 3. The molecule has 6 heteroatoms. The highest BCUT2D eigenvalue weighted by Crippen LogP contribution is 2.39. The number of hydrogen-bond donors (Lipinski definition) is 2. The number of hydrogen-bond acceptors (Lipinski definition) is 6. The van der Waals surface area contributed by atoms with Crippen LogP contribution in [0.25, 0.3) is 10.9 Å². The largest absolute Gasteiger partial charge is 0.505 e. The Kier molecular flexibility index (Phi) is 5.17. The Morgan fingerprint density at radius 1 is 1.08 bits per heavy atom. The quantitative estimate of drug-likeness (QED) is 0.724. The normalized spacial score (nSPS) is 17.6. The first-order valence-corrected chi connectivity index (χ1v) is 9.83. The molecule has 2 aromatic heterocycles. The molecule has 1 aliphatic rings. The first-order valence-electron chi connectivity index (χ1n) is 8.95. The van der Waals surface area contributed by atoms with Crippen LogP contribution in [0.1, 0.15) is 16.5 Å². The second-order valence-corrected chi connectivity index (χ2v) is 7.58. The molecule has 0 amide bonds. The number of aliphatic hydroxyl groups is 1. The van der Waals surface area contributed by atoms with E-state index in [4.69, 9.17) is 5.11 Å². The number of pyridine rings is 1. The van der Waals surface area contributed by atoms with Crippen LogP contribution in [0.2, 0.25) is 0 Å². The summed E-state index contributed by atoms with van der Waals surface area (Å²) in [6.45, 7) is 4.59. The van der Waals surface area contributed by atoms with Crippen molar-refractivity contribution in [3.8, 4) is 5.75 Å². The van der Waals surface area contributed by atoms with Gasteiger partial charge in [0.25, 0.3) is 0 Å². The number of phenolic OH excluding ortho intramolecular Hbond substituents is 1. The minimum Gasteiger partial charge on any atom is -0.505 e. The molecular formula is C20H23N3O2S. The molecule has 1 saturated heterocycles. The van der Waals surface area contributed by atoms with Gasteiger partial charge in [-0.1, -0.05) is 24.3 Å². The highest BCUT2D eigenvalue weighted by atomic mass is 32.1. The fourth-order valence-corrected chi connectivity index (χ4v) is 4.61. The van der Waals surface area contributed by atoms with Crippen LogP contribution in [-0.2, 0) is 0 Å². The lowest BCUT2D eigenvalue weighted by Crippen LogP contribution is -2.48. The molecule has 3 aromatic rings.